The van der Waals surface area contributed by atoms with Crippen molar-refractivity contribution in [3.63, 3.8) is 0 Å². The second kappa shape index (κ2) is 5.53. The molecule has 0 bridgehead atoms. The first-order valence-electron chi connectivity index (χ1n) is 6.80. The maximum absolute atomic E-state index is 5.98. The second-order valence-corrected chi connectivity index (χ2v) is 6.13. The van der Waals surface area contributed by atoms with Crippen LogP contribution in [-0.2, 0) is 12.0 Å². The van der Waals surface area contributed by atoms with Crippen molar-refractivity contribution in [1.82, 2.24) is 4.98 Å². The van der Waals surface area contributed by atoms with Crippen LogP contribution in [-0.4, -0.2) is 4.98 Å². The molecule has 106 valence electrons. The molecule has 2 aromatic rings. The van der Waals surface area contributed by atoms with Gasteiger partial charge in [-0.2, -0.15) is 0 Å². The van der Waals surface area contributed by atoms with Crippen LogP contribution in [0.15, 0.2) is 36.5 Å². The van der Waals surface area contributed by atoms with Crippen molar-refractivity contribution < 1.29 is 4.74 Å². The third-order valence-corrected chi connectivity index (χ3v) is 3.18. The SMILES string of the molecule is Cc1ccc(OCc2ccnc(N)c2)c(C(C)(C)C)c1. The van der Waals surface area contributed by atoms with E-state index in [0.717, 1.165) is 11.3 Å². The number of aryl methyl sites for hydroxylation is 1. The van der Waals surface area contributed by atoms with Crippen LogP contribution in [0, 0.1) is 6.92 Å². The quantitative estimate of drug-likeness (QED) is 0.921. The van der Waals surface area contributed by atoms with Crippen molar-refractivity contribution in [1.29, 1.82) is 0 Å². The molecule has 0 fully saturated rings. The smallest absolute Gasteiger partial charge is 0.123 e. The van der Waals surface area contributed by atoms with E-state index in [-0.39, 0.29) is 5.41 Å². The van der Waals surface area contributed by atoms with Crippen LogP contribution in [0.4, 0.5) is 5.82 Å². The van der Waals surface area contributed by atoms with Crippen molar-refractivity contribution in [2.24, 2.45) is 0 Å². The van der Waals surface area contributed by atoms with Gasteiger partial charge in [-0.1, -0.05) is 38.5 Å². The Morgan fingerprint density at radius 3 is 2.55 bits per heavy atom. The molecule has 0 aliphatic heterocycles. The van der Waals surface area contributed by atoms with Gasteiger partial charge in [-0.25, -0.2) is 4.98 Å². The van der Waals surface area contributed by atoms with E-state index in [4.69, 9.17) is 10.5 Å². The molecule has 2 N–H and O–H groups in total. The van der Waals surface area contributed by atoms with Crippen LogP contribution in [0.25, 0.3) is 0 Å². The molecule has 0 saturated heterocycles. The predicted octanol–water partition coefficient (Wildman–Crippen LogP) is 3.85. The number of anilines is 1. The van der Waals surface area contributed by atoms with Crippen molar-refractivity contribution in [3.8, 4) is 5.75 Å². The van der Waals surface area contributed by atoms with Crippen molar-refractivity contribution in [3.05, 3.63) is 53.2 Å². The summed E-state index contributed by atoms with van der Waals surface area (Å²) in [5, 5.41) is 0. The van der Waals surface area contributed by atoms with E-state index in [1.807, 2.05) is 18.2 Å². The number of hydrogen-bond acceptors (Lipinski definition) is 3. The van der Waals surface area contributed by atoms with Crippen LogP contribution < -0.4 is 10.5 Å². The molecule has 1 aromatic heterocycles. The molecular weight excluding hydrogens is 248 g/mol. The molecule has 1 heterocycles. The average molecular weight is 270 g/mol. The van der Waals surface area contributed by atoms with E-state index >= 15 is 0 Å². The maximum atomic E-state index is 5.98. The lowest BCUT2D eigenvalue weighted by molar-refractivity contribution is 0.297. The van der Waals surface area contributed by atoms with E-state index in [0.29, 0.717) is 12.4 Å². The normalized spacial score (nSPS) is 11.4. The highest BCUT2D eigenvalue weighted by atomic mass is 16.5. The largest absolute Gasteiger partial charge is 0.489 e. The molecule has 0 spiro atoms. The standard InChI is InChI=1S/C17H22N2O/c1-12-5-6-15(14(9-12)17(2,3)4)20-11-13-7-8-19-16(18)10-13/h5-10H,11H2,1-4H3,(H2,18,19). The molecule has 20 heavy (non-hydrogen) atoms. The number of nitrogens with two attached hydrogens (primary N) is 1. The molecule has 0 atom stereocenters. The molecule has 0 amide bonds. The van der Waals surface area contributed by atoms with Crippen LogP contribution >= 0.6 is 0 Å². The number of nitrogen functional groups attached to an aromatic ring is 1. The number of pyridine rings is 1. The van der Waals surface area contributed by atoms with Crippen molar-refractivity contribution in [2.45, 2.75) is 39.7 Å². The molecule has 0 saturated carbocycles. The number of rotatable bonds is 3. The molecule has 1 aromatic carbocycles. The number of ether oxygens (including phenoxy) is 1. The van der Waals surface area contributed by atoms with Crippen LogP contribution in [0.3, 0.4) is 0 Å². The Morgan fingerprint density at radius 2 is 1.90 bits per heavy atom. The average Bonchev–Trinajstić information content (AvgIpc) is 2.36. The van der Waals surface area contributed by atoms with E-state index in [1.165, 1.54) is 11.1 Å². The fraction of sp³-hybridized carbons (Fsp3) is 0.353. The Kier molecular flexibility index (Phi) is 3.98. The predicted molar refractivity (Wildman–Crippen MR) is 82.9 cm³/mol. The molecule has 0 radical (unpaired) electrons. The summed E-state index contributed by atoms with van der Waals surface area (Å²) in [4.78, 5) is 3.99. The lowest BCUT2D eigenvalue weighted by Crippen LogP contribution is -2.13. The minimum atomic E-state index is 0.0542. The van der Waals surface area contributed by atoms with Crippen LogP contribution in [0.5, 0.6) is 5.75 Å². The molecule has 3 heteroatoms. The van der Waals surface area contributed by atoms with E-state index < -0.39 is 0 Å². The lowest BCUT2D eigenvalue weighted by atomic mass is 9.85. The first kappa shape index (κ1) is 14.4. The highest BCUT2D eigenvalue weighted by molar-refractivity contribution is 5.41. The summed E-state index contributed by atoms with van der Waals surface area (Å²) in [5.41, 5.74) is 9.23. The molecular formula is C17H22N2O. The van der Waals surface area contributed by atoms with Crippen molar-refractivity contribution >= 4 is 5.82 Å². The van der Waals surface area contributed by atoms with E-state index in [2.05, 4.69) is 44.8 Å². The maximum Gasteiger partial charge on any atom is 0.123 e. The summed E-state index contributed by atoms with van der Waals surface area (Å²) in [5.74, 6) is 1.45. The zero-order valence-electron chi connectivity index (χ0n) is 12.6. The molecule has 0 unspecified atom stereocenters. The zero-order valence-corrected chi connectivity index (χ0v) is 12.6. The minimum absolute atomic E-state index is 0.0542. The summed E-state index contributed by atoms with van der Waals surface area (Å²) in [7, 11) is 0. The van der Waals surface area contributed by atoms with Gasteiger partial charge in [-0.15, -0.1) is 0 Å². The van der Waals surface area contributed by atoms with Gasteiger partial charge in [0.1, 0.15) is 18.2 Å². The number of aromatic nitrogens is 1. The Morgan fingerprint density at radius 1 is 1.15 bits per heavy atom. The summed E-state index contributed by atoms with van der Waals surface area (Å²) in [6.07, 6.45) is 1.70. The monoisotopic (exact) mass is 270 g/mol. The highest BCUT2D eigenvalue weighted by Crippen LogP contribution is 2.32. The Bertz CT molecular complexity index is 600. The van der Waals surface area contributed by atoms with Gasteiger partial charge < -0.3 is 10.5 Å². The summed E-state index contributed by atoms with van der Waals surface area (Å²) < 4.78 is 5.98. The van der Waals surface area contributed by atoms with Gasteiger partial charge in [0.15, 0.2) is 0 Å². The molecule has 2 rings (SSSR count). The fourth-order valence-corrected chi connectivity index (χ4v) is 2.10. The van der Waals surface area contributed by atoms with Crippen molar-refractivity contribution in [2.75, 3.05) is 5.73 Å². The summed E-state index contributed by atoms with van der Waals surface area (Å²) in [6.45, 7) is 9.18. The fourth-order valence-electron chi connectivity index (χ4n) is 2.10. The topological polar surface area (TPSA) is 48.1 Å². The van der Waals surface area contributed by atoms with Gasteiger partial charge in [-0.05, 0) is 41.7 Å². The van der Waals surface area contributed by atoms with Gasteiger partial charge >= 0.3 is 0 Å². The number of benzene rings is 1. The number of nitrogens with zero attached hydrogens (tertiary/aromatic N) is 1. The molecule has 0 aliphatic rings. The Balaban J connectivity index is 2.21. The van der Waals surface area contributed by atoms with Gasteiger partial charge in [0.25, 0.3) is 0 Å². The Labute approximate surface area is 120 Å². The highest BCUT2D eigenvalue weighted by Gasteiger charge is 2.19. The summed E-state index contributed by atoms with van der Waals surface area (Å²) >= 11 is 0. The lowest BCUT2D eigenvalue weighted by Gasteiger charge is -2.23. The van der Waals surface area contributed by atoms with Gasteiger partial charge in [0.2, 0.25) is 0 Å². The zero-order chi connectivity index (χ0) is 14.8. The first-order chi connectivity index (χ1) is 9.36. The van der Waals surface area contributed by atoms with Crippen LogP contribution in [0.2, 0.25) is 0 Å². The van der Waals surface area contributed by atoms with Gasteiger partial charge in [-0.3, -0.25) is 0 Å². The van der Waals surface area contributed by atoms with Crippen LogP contribution in [0.1, 0.15) is 37.5 Å². The number of hydrogen-bond donors (Lipinski definition) is 1. The molecule has 0 aliphatic carbocycles. The Hall–Kier alpha value is -2.03. The van der Waals surface area contributed by atoms with E-state index in [1.54, 1.807) is 6.20 Å². The first-order valence-corrected chi connectivity index (χ1v) is 6.80. The third kappa shape index (κ3) is 3.50. The minimum Gasteiger partial charge on any atom is -0.489 e. The van der Waals surface area contributed by atoms with Gasteiger partial charge in [0, 0.05) is 6.20 Å². The summed E-state index contributed by atoms with van der Waals surface area (Å²) in [6, 6.07) is 10.1. The van der Waals surface area contributed by atoms with E-state index in [9.17, 15) is 0 Å². The second-order valence-electron chi connectivity index (χ2n) is 6.13. The molecule has 3 nitrogen and oxygen atoms in total. The third-order valence-electron chi connectivity index (χ3n) is 3.18. The van der Waals surface area contributed by atoms with Gasteiger partial charge in [0.05, 0.1) is 0 Å².